The molecule has 0 bridgehead atoms. The van der Waals surface area contributed by atoms with Crippen LogP contribution in [0.1, 0.15) is 166 Å². The lowest BCUT2D eigenvalue weighted by atomic mass is 9.99. The second-order valence-corrected chi connectivity index (χ2v) is 27.7. The molecule has 1 aliphatic heterocycles. The number of esters is 1. The van der Waals surface area contributed by atoms with Gasteiger partial charge in [0.05, 0.1) is 26.2 Å². The Morgan fingerprint density at radius 2 is 0.991 bits per heavy atom. The van der Waals surface area contributed by atoms with Crippen molar-refractivity contribution in [3.05, 3.63) is 24.8 Å². The number of rotatable bonds is 51. The highest BCUT2D eigenvalue weighted by molar-refractivity contribution is 6.00. The molecule has 39 nitrogen and oxygen atoms in total. The number of unbranched alkanes of at least 4 members (excludes halogenated alkanes) is 1. The Morgan fingerprint density at radius 3 is 1.46 bits per heavy atom. The minimum Gasteiger partial charge on any atom is -0.481 e. The van der Waals surface area contributed by atoms with Crippen LogP contribution < -0.4 is 75.3 Å². The number of nitrogens with two attached hydrogens (primary N) is 2. The van der Waals surface area contributed by atoms with Crippen LogP contribution in [-0.2, 0) is 91.0 Å². The van der Waals surface area contributed by atoms with E-state index < -0.39 is 230 Å². The Bertz CT molecular complexity index is 3150. The van der Waals surface area contributed by atoms with Crippen LogP contribution in [0.25, 0.3) is 0 Å². The van der Waals surface area contributed by atoms with E-state index in [1.54, 1.807) is 41.5 Å². The van der Waals surface area contributed by atoms with E-state index in [1.165, 1.54) is 32.9 Å². The Balaban J connectivity index is 3.49. The highest BCUT2D eigenvalue weighted by Crippen LogP contribution is 2.21. The van der Waals surface area contributed by atoms with Crippen LogP contribution in [0, 0.1) is 23.7 Å². The largest absolute Gasteiger partial charge is 0.481 e. The van der Waals surface area contributed by atoms with E-state index in [9.17, 15) is 107 Å². The predicted octanol–water partition coefficient (Wildman–Crippen LogP) is -3.82. The van der Waals surface area contributed by atoms with E-state index in [1.807, 2.05) is 0 Å². The first-order chi connectivity index (χ1) is 50.6. The van der Waals surface area contributed by atoms with E-state index in [0.29, 0.717) is 6.42 Å². The Hall–Kier alpha value is -10.3. The fourth-order valence-corrected chi connectivity index (χ4v) is 11.0. The Morgan fingerprint density at radius 1 is 0.537 bits per heavy atom. The number of likely N-dealkylation sites (tertiary alicyclic amines) is 1. The smallest absolute Gasteiger partial charge is 0.407 e. The van der Waals surface area contributed by atoms with E-state index >= 15 is 0 Å². The summed E-state index contributed by atoms with van der Waals surface area (Å²) in [6, 6.07) is -18.9. The summed E-state index contributed by atoms with van der Waals surface area (Å²) in [4.78, 5) is 240. The number of nitrogens with zero attached hydrogens (tertiary/aromatic N) is 1. The third kappa shape index (κ3) is 36.8. The molecule has 0 aromatic rings. The topological polar surface area (TPSA) is 606 Å². The Labute approximate surface area is 627 Å². The summed E-state index contributed by atoms with van der Waals surface area (Å²) in [5.41, 5.74) is 10.7. The first-order valence-electron chi connectivity index (χ1n) is 35.7. The molecule has 1 fully saturated rings. The van der Waals surface area contributed by atoms with Gasteiger partial charge in [0.2, 0.25) is 82.7 Å². The molecule has 1 heterocycles. The molecule has 0 aliphatic carbocycles. The maximum atomic E-state index is 14.4. The number of aliphatic carboxylic acids is 2. The summed E-state index contributed by atoms with van der Waals surface area (Å²) in [5.74, 6) is -19.3. The average molecular weight is 1540 g/mol. The van der Waals surface area contributed by atoms with Gasteiger partial charge in [0, 0.05) is 38.9 Å². The zero-order valence-electron chi connectivity index (χ0n) is 63.2. The first-order valence-corrected chi connectivity index (χ1v) is 35.7. The maximum Gasteiger partial charge on any atom is 0.407 e. The minimum atomic E-state index is -1.83. The highest BCUT2D eigenvalue weighted by Gasteiger charge is 2.42. The van der Waals surface area contributed by atoms with E-state index in [0.717, 1.165) is 25.0 Å². The number of nitrogens with one attached hydrogen (secondary N) is 12. The number of aliphatic hydroxyl groups is 2. The van der Waals surface area contributed by atoms with Gasteiger partial charge in [-0.3, -0.25) is 71.9 Å². The van der Waals surface area contributed by atoms with Gasteiger partial charge in [-0.2, -0.15) is 0 Å². The number of hydrogen-bond donors (Lipinski definition) is 18. The van der Waals surface area contributed by atoms with Gasteiger partial charge in [0.15, 0.2) is 0 Å². The average Bonchev–Trinajstić information content (AvgIpc) is 1.60. The van der Waals surface area contributed by atoms with Gasteiger partial charge in [-0.1, -0.05) is 74.1 Å². The van der Waals surface area contributed by atoms with E-state index in [2.05, 4.69) is 75.1 Å². The van der Waals surface area contributed by atoms with Crippen molar-refractivity contribution in [1.29, 1.82) is 0 Å². The molecule has 0 spiro atoms. The second-order valence-electron chi connectivity index (χ2n) is 27.7. The molecule has 0 radical (unpaired) electrons. The van der Waals surface area contributed by atoms with Crippen molar-refractivity contribution in [1.82, 2.24) is 68.7 Å². The maximum absolute atomic E-state index is 14.4. The molecule has 13 atom stereocenters. The summed E-state index contributed by atoms with van der Waals surface area (Å²) >= 11 is 0. The second kappa shape index (κ2) is 49.5. The number of carboxylic acids is 2. The van der Waals surface area contributed by atoms with Gasteiger partial charge in [-0.15, -0.1) is 0 Å². The lowest BCUT2D eigenvalue weighted by Crippen LogP contribution is -2.62. The van der Waals surface area contributed by atoms with Crippen molar-refractivity contribution < 1.29 is 116 Å². The molecule has 0 aromatic carbocycles. The van der Waals surface area contributed by atoms with Gasteiger partial charge in [0.25, 0.3) is 0 Å². The monoisotopic (exact) mass is 1540 g/mol. The molecule has 39 heteroatoms. The standard InChI is InChI=1S/C69H113N15O24/c1-13-29-108-69(106)72-27-17-16-20-44(68(104)105)77-60(96)45(30-35(2)3)78-61(97)46(31-36(4)5)80-66(102)56(39(10)86)83-63(99)47(32-37(6)7)79-64(100)50-21-18-28-84(50)67(103)49(34-85)81-65(101)55(38(8)9)82-59(95)42(23-25-51(70)88)75-58(94)43(24-26-53(90)91)76-57(93)41(19-14-15-22-54(92)107-12)74-62(98)48(33-52(71)89)73-40(11)87/h13,15,22,35-39,41-50,55-56,85-86H,1,14,16-21,23-34H2,2-12H3,(H2,70,88)(H2,71,89)(H,72,106)(H,73,87)(H,74,98)(H,75,94)(H,76,93)(H,77,96)(H,78,97)(H,79,100)(H,80,102)(H,81,101)(H,82,95)(H,83,99)(H,90,91)(H,104,105)/b22-15+/t39?,41-,42-,43-,44-,45-,46-,47-,48-,49-,50-,55-,56-/m0/s1. The lowest BCUT2D eigenvalue weighted by Gasteiger charge is -2.31. The summed E-state index contributed by atoms with van der Waals surface area (Å²) in [6.07, 6.45) is -1.76. The molecule has 0 aromatic heterocycles. The fraction of sp³-hybridized carbons (Fsp3) is 0.681. The SMILES string of the molecule is C=CCOC(=O)NCCCC[C@H](NC(=O)[C@H](CC(C)C)NC(=O)[C@H](CC(C)C)NC(=O)[C@@H](NC(=O)[C@H](CC(C)C)NC(=O)[C@@H]1CCCN1C(=O)[C@H](CO)NC(=O)[C@@H](NC(=O)[C@H](CCC(N)=O)NC(=O)[C@H](CCC(=O)O)NC(=O)[C@H](CC/C=C/C(=O)OC)NC(=O)[C@H](CC(N)=O)NC(C)=O)C(C)C)C(C)O)C(=O)O. The molecule has 20 N–H and O–H groups in total. The molecule has 608 valence electrons. The number of aliphatic hydroxyl groups excluding tert-OH is 2. The van der Waals surface area contributed by atoms with Crippen LogP contribution in [0.15, 0.2) is 24.8 Å². The number of carbonyl (C=O) groups is 18. The number of alkyl carbamates (subject to hydrolysis) is 1. The van der Waals surface area contributed by atoms with Crippen LogP contribution in [-0.4, -0.2) is 244 Å². The first kappa shape index (κ1) is 95.7. The summed E-state index contributed by atoms with van der Waals surface area (Å²) in [7, 11) is 1.09. The number of carbonyl (C=O) groups excluding carboxylic acids is 16. The summed E-state index contributed by atoms with van der Waals surface area (Å²) in [6.45, 7) is 17.9. The van der Waals surface area contributed by atoms with Gasteiger partial charge in [0.1, 0.15) is 79.1 Å². The number of methoxy groups -OCH3 is 1. The van der Waals surface area contributed by atoms with Crippen LogP contribution in [0.3, 0.4) is 0 Å². The van der Waals surface area contributed by atoms with E-state index in [-0.39, 0.29) is 95.2 Å². The zero-order valence-corrected chi connectivity index (χ0v) is 63.2. The van der Waals surface area contributed by atoms with Crippen molar-refractivity contribution >= 4 is 107 Å². The third-order valence-corrected chi connectivity index (χ3v) is 16.5. The van der Waals surface area contributed by atoms with Crippen molar-refractivity contribution in [2.45, 2.75) is 244 Å². The molecule has 1 aliphatic rings. The molecule has 15 amide bonds. The lowest BCUT2D eigenvalue weighted by molar-refractivity contribution is -0.143. The Kier molecular flexibility index (Phi) is 43.9. The molecule has 0 saturated carbocycles. The quantitative estimate of drug-likeness (QED) is 0.0120. The molecular formula is C69H113N15O24. The summed E-state index contributed by atoms with van der Waals surface area (Å²) in [5, 5.41) is 70.5. The van der Waals surface area contributed by atoms with Crippen molar-refractivity contribution in [3.63, 3.8) is 0 Å². The van der Waals surface area contributed by atoms with Crippen LogP contribution in [0.4, 0.5) is 4.79 Å². The molecule has 1 rings (SSSR count). The van der Waals surface area contributed by atoms with E-state index in [4.69, 9.17) is 16.2 Å². The number of allylic oxidation sites excluding steroid dienone is 1. The van der Waals surface area contributed by atoms with Gasteiger partial charge in [-0.05, 0) is 108 Å². The molecule has 1 unspecified atom stereocenters. The molecular weight excluding hydrogens is 1420 g/mol. The zero-order chi connectivity index (χ0) is 82.2. The van der Waals surface area contributed by atoms with Crippen molar-refractivity contribution in [2.24, 2.45) is 35.1 Å². The number of ether oxygens (including phenoxy) is 2. The van der Waals surface area contributed by atoms with Gasteiger partial charge >= 0.3 is 24.0 Å². The van der Waals surface area contributed by atoms with Crippen molar-refractivity contribution in [2.75, 3.05) is 33.4 Å². The van der Waals surface area contributed by atoms with Crippen molar-refractivity contribution in [3.8, 4) is 0 Å². The van der Waals surface area contributed by atoms with Crippen LogP contribution in [0.5, 0.6) is 0 Å². The van der Waals surface area contributed by atoms with Gasteiger partial charge < -0.3 is 110 Å². The number of amides is 15. The fourth-order valence-electron chi connectivity index (χ4n) is 11.0. The predicted molar refractivity (Wildman–Crippen MR) is 384 cm³/mol. The van der Waals surface area contributed by atoms with Crippen LogP contribution >= 0.6 is 0 Å². The number of carboxylic acid groups (broad SMARTS) is 2. The molecule has 1 saturated heterocycles. The molecule has 108 heavy (non-hydrogen) atoms. The number of primary amides is 2. The minimum absolute atomic E-state index is 0.00308. The van der Waals surface area contributed by atoms with Crippen LogP contribution in [0.2, 0.25) is 0 Å². The normalized spacial score (nSPS) is 16.0. The number of hydrogen-bond acceptors (Lipinski definition) is 22. The highest BCUT2D eigenvalue weighted by atomic mass is 16.5. The summed E-state index contributed by atoms with van der Waals surface area (Å²) < 4.78 is 9.40. The van der Waals surface area contributed by atoms with Gasteiger partial charge in [-0.25, -0.2) is 14.4 Å². The third-order valence-electron chi connectivity index (χ3n) is 16.5.